The van der Waals surface area contributed by atoms with Gasteiger partial charge in [0.05, 0.1) is 18.4 Å². The van der Waals surface area contributed by atoms with Crippen molar-refractivity contribution in [3.05, 3.63) is 23.8 Å². The number of carbonyl (C=O) groups is 2. The molecule has 0 saturated carbocycles. The molecule has 1 heterocycles. The van der Waals surface area contributed by atoms with Crippen LogP contribution in [0.25, 0.3) is 0 Å². The smallest absolute Gasteiger partial charge is 0.299 e. The van der Waals surface area contributed by atoms with E-state index in [2.05, 4.69) is 0 Å². The summed E-state index contributed by atoms with van der Waals surface area (Å²) in [5.74, 6) is -0.320. The fraction of sp³-hybridized carbons (Fsp3) is 0.273. The van der Waals surface area contributed by atoms with Crippen molar-refractivity contribution >= 4 is 17.4 Å². The van der Waals surface area contributed by atoms with Crippen LogP contribution in [0.5, 0.6) is 5.75 Å². The molecule has 78 valence electrons. The number of ketones is 1. The number of benzene rings is 1. The number of amides is 1. The quantitative estimate of drug-likeness (QED) is 0.682. The number of ether oxygens (including phenoxy) is 1. The van der Waals surface area contributed by atoms with E-state index in [1.165, 1.54) is 12.0 Å². The second-order valence-corrected chi connectivity index (χ2v) is 3.26. The highest BCUT2D eigenvalue weighted by Crippen LogP contribution is 2.31. The molecule has 1 aliphatic heterocycles. The molecule has 2 rings (SSSR count). The van der Waals surface area contributed by atoms with Crippen molar-refractivity contribution < 1.29 is 14.3 Å². The molecule has 0 unspecified atom stereocenters. The van der Waals surface area contributed by atoms with Gasteiger partial charge in [0, 0.05) is 6.54 Å². The maximum atomic E-state index is 11.6. The highest BCUT2D eigenvalue weighted by atomic mass is 16.5. The Balaban J connectivity index is 2.55. The summed E-state index contributed by atoms with van der Waals surface area (Å²) >= 11 is 0. The van der Waals surface area contributed by atoms with Gasteiger partial charge in [-0.2, -0.15) is 0 Å². The van der Waals surface area contributed by atoms with Gasteiger partial charge in [-0.3, -0.25) is 9.59 Å². The van der Waals surface area contributed by atoms with Crippen LogP contribution in [-0.4, -0.2) is 25.3 Å². The zero-order chi connectivity index (χ0) is 11.0. The first-order chi connectivity index (χ1) is 7.19. The van der Waals surface area contributed by atoms with Crippen LogP contribution in [0.1, 0.15) is 17.3 Å². The molecule has 0 fully saturated rings. The van der Waals surface area contributed by atoms with Crippen molar-refractivity contribution in [1.29, 1.82) is 0 Å². The van der Waals surface area contributed by atoms with E-state index in [4.69, 9.17) is 4.74 Å². The van der Waals surface area contributed by atoms with Gasteiger partial charge < -0.3 is 9.64 Å². The lowest BCUT2D eigenvalue weighted by Gasteiger charge is -2.13. The first-order valence-electron chi connectivity index (χ1n) is 4.73. The number of anilines is 1. The summed E-state index contributed by atoms with van der Waals surface area (Å²) in [7, 11) is 1.53. The predicted octanol–water partition coefficient (Wildman–Crippen LogP) is 1.24. The van der Waals surface area contributed by atoms with E-state index >= 15 is 0 Å². The van der Waals surface area contributed by atoms with Crippen LogP contribution in [-0.2, 0) is 4.79 Å². The molecule has 4 nitrogen and oxygen atoms in total. The molecule has 1 aromatic carbocycles. The van der Waals surface area contributed by atoms with Gasteiger partial charge in [-0.1, -0.05) is 0 Å². The molecule has 1 aliphatic rings. The minimum Gasteiger partial charge on any atom is -0.497 e. The summed E-state index contributed by atoms with van der Waals surface area (Å²) in [5.41, 5.74) is 1.11. The Labute approximate surface area is 87.4 Å². The number of likely N-dealkylation sites (N-methyl/N-ethyl adjacent to an activating group) is 1. The van der Waals surface area contributed by atoms with Crippen LogP contribution >= 0.6 is 0 Å². The second-order valence-electron chi connectivity index (χ2n) is 3.26. The van der Waals surface area contributed by atoms with Crippen molar-refractivity contribution in [2.24, 2.45) is 0 Å². The fourth-order valence-electron chi connectivity index (χ4n) is 1.72. The Kier molecular flexibility index (Phi) is 2.19. The predicted molar refractivity (Wildman–Crippen MR) is 55.4 cm³/mol. The van der Waals surface area contributed by atoms with Crippen LogP contribution < -0.4 is 9.64 Å². The molecule has 1 aromatic rings. The van der Waals surface area contributed by atoms with Gasteiger partial charge in [0.2, 0.25) is 0 Å². The van der Waals surface area contributed by atoms with Crippen LogP contribution in [0.2, 0.25) is 0 Å². The number of nitrogens with zero attached hydrogens (tertiary/aromatic N) is 1. The molecule has 0 spiro atoms. The summed E-state index contributed by atoms with van der Waals surface area (Å²) < 4.78 is 5.01. The van der Waals surface area contributed by atoms with E-state index in [-0.39, 0.29) is 0 Å². The average Bonchev–Trinajstić information content (AvgIpc) is 2.51. The monoisotopic (exact) mass is 205 g/mol. The maximum absolute atomic E-state index is 11.6. The summed E-state index contributed by atoms with van der Waals surface area (Å²) in [6, 6.07) is 5.08. The van der Waals surface area contributed by atoms with Crippen LogP contribution in [0.4, 0.5) is 5.69 Å². The minimum absolute atomic E-state index is 0.432. The first-order valence-corrected chi connectivity index (χ1v) is 4.73. The lowest BCUT2D eigenvalue weighted by Crippen LogP contribution is -2.29. The SMILES string of the molecule is CCN1C(=O)C(=O)c2cc(OC)ccc21. The third-order valence-corrected chi connectivity index (χ3v) is 2.49. The molecule has 0 aliphatic carbocycles. The molecule has 0 atom stereocenters. The van der Waals surface area contributed by atoms with E-state index in [1.807, 2.05) is 6.92 Å². The van der Waals surface area contributed by atoms with Gasteiger partial charge in [-0.15, -0.1) is 0 Å². The number of Topliss-reactive ketones (excluding diaryl/α,β-unsaturated/α-hetero) is 1. The van der Waals surface area contributed by atoms with Crippen molar-refractivity contribution in [1.82, 2.24) is 0 Å². The molecule has 4 heteroatoms. The molecule has 0 saturated heterocycles. The third kappa shape index (κ3) is 1.29. The Morgan fingerprint density at radius 3 is 2.67 bits per heavy atom. The van der Waals surface area contributed by atoms with E-state index in [1.54, 1.807) is 18.2 Å². The maximum Gasteiger partial charge on any atom is 0.299 e. The lowest BCUT2D eigenvalue weighted by atomic mass is 10.1. The highest BCUT2D eigenvalue weighted by molar-refractivity contribution is 6.52. The van der Waals surface area contributed by atoms with Crippen LogP contribution in [0.3, 0.4) is 0 Å². The summed E-state index contributed by atoms with van der Waals surface area (Å²) in [6.45, 7) is 2.34. The number of carbonyl (C=O) groups excluding carboxylic acids is 2. The van der Waals surface area contributed by atoms with E-state index < -0.39 is 11.7 Å². The standard InChI is InChI=1S/C11H11NO3/c1-3-12-9-5-4-7(15-2)6-8(9)10(13)11(12)14/h4-6H,3H2,1-2H3. The Morgan fingerprint density at radius 2 is 2.07 bits per heavy atom. The Hall–Kier alpha value is -1.84. The summed E-state index contributed by atoms with van der Waals surface area (Å²) in [4.78, 5) is 24.6. The largest absolute Gasteiger partial charge is 0.497 e. The van der Waals surface area contributed by atoms with Crippen LogP contribution in [0.15, 0.2) is 18.2 Å². The van der Waals surface area contributed by atoms with E-state index in [9.17, 15) is 9.59 Å². The average molecular weight is 205 g/mol. The van der Waals surface area contributed by atoms with Gasteiger partial charge in [-0.25, -0.2) is 0 Å². The molecular weight excluding hydrogens is 194 g/mol. The van der Waals surface area contributed by atoms with Gasteiger partial charge in [0.1, 0.15) is 5.75 Å². The molecule has 0 bridgehead atoms. The normalized spacial score (nSPS) is 14.4. The Morgan fingerprint density at radius 1 is 1.33 bits per heavy atom. The second kappa shape index (κ2) is 3.38. The molecule has 0 N–H and O–H groups in total. The summed E-state index contributed by atoms with van der Waals surface area (Å²) in [6.07, 6.45) is 0. The first kappa shape index (κ1) is 9.71. The lowest BCUT2D eigenvalue weighted by molar-refractivity contribution is -0.114. The highest BCUT2D eigenvalue weighted by Gasteiger charge is 2.34. The zero-order valence-electron chi connectivity index (χ0n) is 8.61. The number of hydrogen-bond acceptors (Lipinski definition) is 3. The molecule has 15 heavy (non-hydrogen) atoms. The van der Waals surface area contributed by atoms with Crippen molar-refractivity contribution in [2.75, 3.05) is 18.6 Å². The van der Waals surface area contributed by atoms with Gasteiger partial charge in [0.25, 0.3) is 11.7 Å². The molecule has 0 aromatic heterocycles. The number of methoxy groups -OCH3 is 1. The number of hydrogen-bond donors (Lipinski definition) is 0. The number of fused-ring (bicyclic) bond motifs is 1. The topological polar surface area (TPSA) is 46.6 Å². The fourth-order valence-corrected chi connectivity index (χ4v) is 1.72. The van der Waals surface area contributed by atoms with Crippen molar-refractivity contribution in [3.8, 4) is 5.75 Å². The van der Waals surface area contributed by atoms with Crippen molar-refractivity contribution in [2.45, 2.75) is 6.92 Å². The van der Waals surface area contributed by atoms with Gasteiger partial charge >= 0.3 is 0 Å². The minimum atomic E-state index is -0.458. The van der Waals surface area contributed by atoms with Crippen molar-refractivity contribution in [3.63, 3.8) is 0 Å². The zero-order valence-corrected chi connectivity index (χ0v) is 8.61. The van der Waals surface area contributed by atoms with Crippen LogP contribution in [0, 0.1) is 0 Å². The van der Waals surface area contributed by atoms with E-state index in [0.717, 1.165) is 0 Å². The van der Waals surface area contributed by atoms with E-state index in [0.29, 0.717) is 23.5 Å². The van der Waals surface area contributed by atoms with Gasteiger partial charge in [-0.05, 0) is 25.1 Å². The van der Waals surface area contributed by atoms with Gasteiger partial charge in [0.15, 0.2) is 0 Å². The third-order valence-electron chi connectivity index (χ3n) is 2.49. The molecule has 1 amide bonds. The summed E-state index contributed by atoms with van der Waals surface area (Å²) in [5, 5.41) is 0. The number of rotatable bonds is 2. The Bertz CT molecular complexity index is 439. The molecular formula is C11H11NO3. The molecule has 0 radical (unpaired) electrons.